The monoisotopic (exact) mass is 373 g/mol. The molecule has 0 unspecified atom stereocenters. The van der Waals surface area contributed by atoms with E-state index in [2.05, 4.69) is 15.6 Å². The smallest absolute Gasteiger partial charge is 0.413 e. The van der Waals surface area contributed by atoms with E-state index in [1.807, 2.05) is 30.3 Å². The van der Waals surface area contributed by atoms with Crippen LogP contribution in [-0.2, 0) is 22.6 Å². The molecule has 1 amide bonds. The molecule has 0 saturated carbocycles. The van der Waals surface area contributed by atoms with Gasteiger partial charge in [-0.05, 0) is 36.8 Å². The van der Waals surface area contributed by atoms with Crippen LogP contribution in [0.3, 0.4) is 0 Å². The number of ether oxygens (including phenoxy) is 2. The molecule has 0 saturated heterocycles. The third kappa shape index (κ3) is 6.48. The quantitative estimate of drug-likeness (QED) is 0.594. The first-order chi connectivity index (χ1) is 12.6. The van der Waals surface area contributed by atoms with E-state index in [1.54, 1.807) is 25.1 Å². The van der Waals surface area contributed by atoms with Gasteiger partial charge in [-0.15, -0.1) is 0 Å². The van der Waals surface area contributed by atoms with Crippen LogP contribution in [-0.4, -0.2) is 28.8 Å². The lowest BCUT2D eigenvalue weighted by Crippen LogP contribution is -2.39. The first kappa shape index (κ1) is 19.3. The number of amides is 1. The van der Waals surface area contributed by atoms with Gasteiger partial charge in [0.1, 0.15) is 12.3 Å². The van der Waals surface area contributed by atoms with Crippen LogP contribution in [0.15, 0.2) is 48.5 Å². The van der Waals surface area contributed by atoms with Gasteiger partial charge in [0.2, 0.25) is 0 Å². The summed E-state index contributed by atoms with van der Waals surface area (Å²) >= 11 is 5.04. The maximum atomic E-state index is 11.7. The molecule has 1 heterocycles. The van der Waals surface area contributed by atoms with E-state index in [-0.39, 0.29) is 30.6 Å². The highest BCUT2D eigenvalue weighted by atomic mass is 32.1. The number of nitrogens with zero attached hydrogens (tertiary/aromatic N) is 1. The lowest BCUT2D eigenvalue weighted by Gasteiger charge is -2.10. The van der Waals surface area contributed by atoms with Crippen LogP contribution in [0.2, 0.25) is 0 Å². The first-order valence-electron chi connectivity index (χ1n) is 7.97. The molecule has 136 valence electrons. The van der Waals surface area contributed by atoms with E-state index in [1.165, 1.54) is 0 Å². The van der Waals surface area contributed by atoms with Crippen LogP contribution >= 0.6 is 12.2 Å². The van der Waals surface area contributed by atoms with Gasteiger partial charge in [-0.25, -0.2) is 14.6 Å². The zero-order valence-corrected chi connectivity index (χ0v) is 15.0. The molecular formula is C18H19N3O4S. The lowest BCUT2D eigenvalue weighted by molar-refractivity contribution is 0.0519. The van der Waals surface area contributed by atoms with Crippen LogP contribution in [0.1, 0.15) is 28.7 Å². The third-order valence-corrected chi connectivity index (χ3v) is 3.40. The Balaban J connectivity index is 1.77. The number of hydrogen-bond acceptors (Lipinski definition) is 6. The fourth-order valence-electron chi connectivity index (χ4n) is 1.96. The second kappa shape index (κ2) is 10.1. The molecule has 2 N–H and O–H groups in total. The number of rotatable bonds is 6. The van der Waals surface area contributed by atoms with Gasteiger partial charge in [-0.3, -0.25) is 5.32 Å². The molecule has 1 aromatic carbocycles. The highest BCUT2D eigenvalue weighted by molar-refractivity contribution is 7.80. The van der Waals surface area contributed by atoms with Gasteiger partial charge in [-0.1, -0.05) is 36.4 Å². The number of benzene rings is 1. The predicted octanol–water partition coefficient (Wildman–Crippen LogP) is 2.56. The minimum absolute atomic E-state index is 0.103. The molecule has 2 rings (SSSR count). The molecule has 2 aromatic rings. The largest absolute Gasteiger partial charge is 0.461 e. The number of thiocarbonyl (C=S) groups is 1. The number of esters is 1. The Morgan fingerprint density at radius 2 is 1.85 bits per heavy atom. The van der Waals surface area contributed by atoms with E-state index in [9.17, 15) is 9.59 Å². The Hall–Kier alpha value is -3.00. The second-order valence-electron chi connectivity index (χ2n) is 5.10. The van der Waals surface area contributed by atoms with E-state index in [0.717, 1.165) is 5.56 Å². The highest BCUT2D eigenvalue weighted by Gasteiger charge is 2.10. The van der Waals surface area contributed by atoms with Crippen molar-refractivity contribution in [2.75, 3.05) is 6.61 Å². The van der Waals surface area contributed by atoms with Crippen molar-refractivity contribution in [1.82, 2.24) is 15.6 Å². The van der Waals surface area contributed by atoms with Crippen molar-refractivity contribution in [3.8, 4) is 0 Å². The molecule has 0 aliphatic carbocycles. The van der Waals surface area contributed by atoms with Gasteiger partial charge < -0.3 is 14.8 Å². The molecule has 0 radical (unpaired) electrons. The zero-order chi connectivity index (χ0) is 18.8. The molecular weight excluding hydrogens is 354 g/mol. The Labute approximate surface area is 156 Å². The average molecular weight is 373 g/mol. The number of pyridine rings is 1. The van der Waals surface area contributed by atoms with Crippen LogP contribution in [0.4, 0.5) is 4.79 Å². The lowest BCUT2D eigenvalue weighted by atomic mass is 10.2. The molecule has 7 nitrogen and oxygen atoms in total. The number of carbonyl (C=O) groups excluding carboxylic acids is 2. The summed E-state index contributed by atoms with van der Waals surface area (Å²) in [4.78, 5) is 27.6. The zero-order valence-electron chi connectivity index (χ0n) is 14.2. The summed E-state index contributed by atoms with van der Waals surface area (Å²) in [6, 6.07) is 14.3. The van der Waals surface area contributed by atoms with Crippen molar-refractivity contribution in [3.05, 3.63) is 65.5 Å². The summed E-state index contributed by atoms with van der Waals surface area (Å²) in [5.74, 6) is -0.487. The number of alkyl carbamates (subject to hydrolysis) is 1. The number of carbonyl (C=O) groups is 2. The summed E-state index contributed by atoms with van der Waals surface area (Å²) in [6.45, 7) is 2.40. The maximum Gasteiger partial charge on any atom is 0.413 e. The van der Waals surface area contributed by atoms with Gasteiger partial charge >= 0.3 is 12.1 Å². The summed E-state index contributed by atoms with van der Waals surface area (Å²) in [5, 5.41) is 5.35. The third-order valence-electron chi connectivity index (χ3n) is 3.15. The number of aromatic nitrogens is 1. The van der Waals surface area contributed by atoms with Crippen LogP contribution < -0.4 is 10.6 Å². The number of nitrogens with one attached hydrogen (secondary N) is 2. The first-order valence-corrected chi connectivity index (χ1v) is 8.38. The summed E-state index contributed by atoms with van der Waals surface area (Å²) in [6.07, 6.45) is -0.653. The van der Waals surface area contributed by atoms with E-state index in [0.29, 0.717) is 5.69 Å². The Kier molecular flexibility index (Phi) is 7.50. The van der Waals surface area contributed by atoms with E-state index in [4.69, 9.17) is 21.7 Å². The second-order valence-corrected chi connectivity index (χ2v) is 5.51. The normalized spacial score (nSPS) is 9.88. The van der Waals surface area contributed by atoms with Crippen molar-refractivity contribution >= 4 is 29.4 Å². The summed E-state index contributed by atoms with van der Waals surface area (Å²) in [7, 11) is 0. The van der Waals surface area contributed by atoms with Crippen molar-refractivity contribution in [2.45, 2.75) is 20.1 Å². The van der Waals surface area contributed by atoms with Gasteiger partial charge in [0.15, 0.2) is 5.11 Å². The Bertz CT molecular complexity index is 768. The van der Waals surface area contributed by atoms with Crippen LogP contribution in [0.25, 0.3) is 0 Å². The Morgan fingerprint density at radius 1 is 1.08 bits per heavy atom. The summed E-state index contributed by atoms with van der Waals surface area (Å²) < 4.78 is 9.98. The van der Waals surface area contributed by atoms with Crippen molar-refractivity contribution < 1.29 is 19.1 Å². The van der Waals surface area contributed by atoms with Crippen LogP contribution in [0.5, 0.6) is 0 Å². The fraction of sp³-hybridized carbons (Fsp3) is 0.222. The minimum atomic E-state index is -0.653. The van der Waals surface area contributed by atoms with Gasteiger partial charge in [0.05, 0.1) is 18.8 Å². The van der Waals surface area contributed by atoms with Gasteiger partial charge in [0.25, 0.3) is 0 Å². The van der Waals surface area contributed by atoms with Crippen molar-refractivity contribution in [2.24, 2.45) is 0 Å². The molecule has 0 aliphatic heterocycles. The topological polar surface area (TPSA) is 89.6 Å². The summed E-state index contributed by atoms with van der Waals surface area (Å²) in [5.41, 5.74) is 1.67. The number of hydrogen-bond donors (Lipinski definition) is 2. The van der Waals surface area contributed by atoms with Gasteiger partial charge in [-0.2, -0.15) is 0 Å². The van der Waals surface area contributed by atoms with E-state index < -0.39 is 12.1 Å². The standard InChI is InChI=1S/C18H19N3O4S/c1-2-24-16(22)15-10-6-9-14(20-15)11-19-17(26)21-18(23)25-12-13-7-4-3-5-8-13/h3-10H,2,11-12H2,1H3,(H2,19,21,23,26). The molecule has 0 spiro atoms. The molecule has 8 heteroatoms. The van der Waals surface area contributed by atoms with Gasteiger partial charge in [0, 0.05) is 0 Å². The average Bonchev–Trinajstić information content (AvgIpc) is 2.66. The molecule has 26 heavy (non-hydrogen) atoms. The van der Waals surface area contributed by atoms with Crippen molar-refractivity contribution in [3.63, 3.8) is 0 Å². The van der Waals surface area contributed by atoms with Crippen LogP contribution in [0, 0.1) is 0 Å². The SMILES string of the molecule is CCOC(=O)c1cccc(CNC(=S)NC(=O)OCc2ccccc2)n1. The minimum Gasteiger partial charge on any atom is -0.461 e. The molecule has 1 aromatic heterocycles. The molecule has 0 fully saturated rings. The van der Waals surface area contributed by atoms with E-state index >= 15 is 0 Å². The highest BCUT2D eigenvalue weighted by Crippen LogP contribution is 2.02. The predicted molar refractivity (Wildman–Crippen MR) is 99.4 cm³/mol. The fourth-order valence-corrected chi connectivity index (χ4v) is 2.12. The molecule has 0 atom stereocenters. The Morgan fingerprint density at radius 3 is 2.58 bits per heavy atom. The molecule has 0 bridgehead atoms. The molecule has 0 aliphatic rings. The van der Waals surface area contributed by atoms with Crippen molar-refractivity contribution in [1.29, 1.82) is 0 Å². The maximum absolute atomic E-state index is 11.7.